The topological polar surface area (TPSA) is 114 Å². The van der Waals surface area contributed by atoms with Gasteiger partial charge in [-0.2, -0.15) is 0 Å². The van der Waals surface area contributed by atoms with Gasteiger partial charge in [0.1, 0.15) is 22.3 Å². The molecule has 164 valence electrons. The molecule has 0 fully saturated rings. The van der Waals surface area contributed by atoms with Crippen LogP contribution in [0, 0.1) is 0 Å². The van der Waals surface area contributed by atoms with Crippen molar-refractivity contribution in [2.24, 2.45) is 4.99 Å². The van der Waals surface area contributed by atoms with Crippen LogP contribution in [0.5, 0.6) is 17.2 Å². The van der Waals surface area contributed by atoms with E-state index in [0.29, 0.717) is 42.1 Å². The molecular weight excluding hydrogens is 438 g/mol. The van der Waals surface area contributed by atoms with Crippen LogP contribution in [0.1, 0.15) is 19.0 Å². The van der Waals surface area contributed by atoms with Gasteiger partial charge in [0.15, 0.2) is 14.9 Å². The van der Waals surface area contributed by atoms with Crippen molar-refractivity contribution in [2.45, 2.75) is 23.6 Å². The third-order valence-corrected chi connectivity index (χ3v) is 6.98. The molecule has 1 aliphatic rings. The lowest BCUT2D eigenvalue weighted by molar-refractivity contribution is 0.288. The fourth-order valence-electron chi connectivity index (χ4n) is 3.27. The molecule has 10 heteroatoms. The van der Waals surface area contributed by atoms with Crippen LogP contribution in [0.4, 0.5) is 0 Å². The minimum Gasteiger partial charge on any atom is -0.492 e. The third kappa shape index (κ3) is 4.86. The maximum Gasteiger partial charge on any atom is 0.192 e. The Kier molecular flexibility index (Phi) is 6.22. The lowest BCUT2D eigenvalue weighted by Gasteiger charge is -2.10. The second-order valence-electron chi connectivity index (χ2n) is 7.11. The summed E-state index contributed by atoms with van der Waals surface area (Å²) in [5.41, 5.74) is 1.75. The molecule has 0 saturated heterocycles. The molecular formula is C21H23N3O5S2. The van der Waals surface area contributed by atoms with E-state index in [1.54, 1.807) is 23.9 Å². The molecule has 1 atom stereocenters. The molecule has 2 aromatic heterocycles. The zero-order valence-corrected chi connectivity index (χ0v) is 18.8. The molecule has 0 spiro atoms. The molecule has 4 rings (SSSR count). The van der Waals surface area contributed by atoms with Crippen molar-refractivity contribution >= 4 is 37.5 Å². The highest BCUT2D eigenvalue weighted by atomic mass is 32.2. The number of hydrogen-bond donors (Lipinski definition) is 2. The second-order valence-corrected chi connectivity index (χ2v) is 10.4. The first kappa shape index (κ1) is 21.7. The second kappa shape index (κ2) is 8.89. The summed E-state index contributed by atoms with van der Waals surface area (Å²) in [4.78, 5) is 12.0. The van der Waals surface area contributed by atoms with Crippen molar-refractivity contribution in [3.8, 4) is 17.2 Å². The van der Waals surface area contributed by atoms with Crippen molar-refractivity contribution in [2.75, 3.05) is 26.0 Å². The molecule has 1 aliphatic heterocycles. The summed E-state index contributed by atoms with van der Waals surface area (Å²) < 4.78 is 34.9. The molecule has 8 nitrogen and oxygen atoms in total. The summed E-state index contributed by atoms with van der Waals surface area (Å²) in [6.45, 7) is 3.25. The summed E-state index contributed by atoms with van der Waals surface area (Å²) in [7, 11) is -3.37. The minimum absolute atomic E-state index is 0.00470. The van der Waals surface area contributed by atoms with Crippen molar-refractivity contribution in [3.05, 3.63) is 42.2 Å². The molecule has 2 N–H and O–H groups in total. The van der Waals surface area contributed by atoms with E-state index in [1.807, 2.05) is 19.1 Å². The summed E-state index contributed by atoms with van der Waals surface area (Å²) in [5.74, 6) is 1.62. The number of aliphatic hydroxyl groups excluding tert-OH is 1. The third-order valence-electron chi connectivity index (χ3n) is 4.69. The molecule has 0 bridgehead atoms. The number of aliphatic imine (C=N–C) groups is 1. The number of aromatic amines is 1. The number of sulfone groups is 1. The number of thioether (sulfide) groups is 1. The lowest BCUT2D eigenvalue weighted by Crippen LogP contribution is -2.05. The van der Waals surface area contributed by atoms with Gasteiger partial charge in [0.05, 0.1) is 30.6 Å². The molecule has 1 aromatic carbocycles. The molecule has 1 unspecified atom stereocenters. The average molecular weight is 462 g/mol. The fourth-order valence-corrected chi connectivity index (χ4v) is 4.90. The zero-order valence-electron chi connectivity index (χ0n) is 17.2. The summed E-state index contributed by atoms with van der Waals surface area (Å²) in [5, 5.41) is 11.3. The highest BCUT2D eigenvalue weighted by molar-refractivity contribution is 8.15. The van der Waals surface area contributed by atoms with Gasteiger partial charge < -0.3 is 19.6 Å². The summed E-state index contributed by atoms with van der Waals surface area (Å²) in [6.07, 6.45) is 3.21. The van der Waals surface area contributed by atoms with Crippen LogP contribution in [0.25, 0.3) is 10.9 Å². The van der Waals surface area contributed by atoms with Gasteiger partial charge in [0.25, 0.3) is 0 Å². The van der Waals surface area contributed by atoms with Crippen LogP contribution in [0.3, 0.4) is 0 Å². The van der Waals surface area contributed by atoms with E-state index in [-0.39, 0.29) is 11.6 Å². The van der Waals surface area contributed by atoms with Gasteiger partial charge >= 0.3 is 0 Å². The molecule has 0 saturated carbocycles. The van der Waals surface area contributed by atoms with Crippen LogP contribution in [-0.4, -0.2) is 59.8 Å². The number of nitrogens with zero attached hydrogens (tertiary/aromatic N) is 2. The Hall–Kier alpha value is -2.56. The Morgan fingerprint density at radius 2 is 2.10 bits per heavy atom. The minimum atomic E-state index is -3.37. The van der Waals surface area contributed by atoms with Crippen LogP contribution in [0.2, 0.25) is 0 Å². The highest BCUT2D eigenvalue weighted by Gasteiger charge is 2.22. The quantitative estimate of drug-likeness (QED) is 0.528. The Morgan fingerprint density at radius 1 is 1.26 bits per heavy atom. The maximum absolute atomic E-state index is 11.6. The number of hydrogen-bond acceptors (Lipinski definition) is 8. The molecule has 0 amide bonds. The van der Waals surface area contributed by atoms with Gasteiger partial charge in [0.2, 0.25) is 0 Å². The van der Waals surface area contributed by atoms with Crippen LogP contribution in [-0.2, 0) is 9.84 Å². The van der Waals surface area contributed by atoms with E-state index in [0.717, 1.165) is 27.9 Å². The largest absolute Gasteiger partial charge is 0.492 e. The lowest BCUT2D eigenvalue weighted by atomic mass is 10.2. The maximum atomic E-state index is 11.6. The van der Waals surface area contributed by atoms with E-state index < -0.39 is 9.84 Å². The van der Waals surface area contributed by atoms with Crippen molar-refractivity contribution in [1.29, 1.82) is 0 Å². The predicted molar refractivity (Wildman–Crippen MR) is 121 cm³/mol. The number of nitrogens with one attached hydrogen (secondary N) is 1. The van der Waals surface area contributed by atoms with E-state index in [2.05, 4.69) is 15.0 Å². The number of rotatable bonds is 8. The number of ether oxygens (including phenoxy) is 2. The average Bonchev–Trinajstić information content (AvgIpc) is 3.35. The monoisotopic (exact) mass is 461 g/mol. The Balaban J connectivity index is 1.63. The fraction of sp³-hybridized carbons (Fsp3) is 0.333. The Bertz CT molecular complexity index is 1220. The van der Waals surface area contributed by atoms with Crippen molar-refractivity contribution in [3.63, 3.8) is 0 Å². The molecule has 3 aromatic rings. The Morgan fingerprint density at radius 3 is 2.77 bits per heavy atom. The van der Waals surface area contributed by atoms with Gasteiger partial charge in [0, 0.05) is 29.6 Å². The van der Waals surface area contributed by atoms with E-state index in [1.165, 1.54) is 12.3 Å². The van der Waals surface area contributed by atoms with Crippen LogP contribution < -0.4 is 9.47 Å². The number of fused-ring (bicyclic) bond motifs is 1. The smallest absolute Gasteiger partial charge is 0.192 e. The number of benzene rings is 1. The number of H-pyrrole nitrogens is 1. The van der Waals surface area contributed by atoms with E-state index in [9.17, 15) is 8.42 Å². The first-order valence-corrected chi connectivity index (χ1v) is 12.6. The highest BCUT2D eigenvalue weighted by Crippen LogP contribution is 2.36. The normalized spacial score (nSPS) is 16.5. The van der Waals surface area contributed by atoms with Crippen LogP contribution in [0.15, 0.2) is 46.5 Å². The van der Waals surface area contributed by atoms with Crippen molar-refractivity contribution in [1.82, 2.24) is 9.97 Å². The van der Waals surface area contributed by atoms with E-state index in [4.69, 9.17) is 14.6 Å². The summed E-state index contributed by atoms with van der Waals surface area (Å²) >= 11 is 1.66. The molecule has 0 aliphatic carbocycles. The molecule has 3 heterocycles. The van der Waals surface area contributed by atoms with Gasteiger partial charge in [-0.3, -0.25) is 4.99 Å². The van der Waals surface area contributed by atoms with Crippen molar-refractivity contribution < 1.29 is 23.0 Å². The zero-order chi connectivity index (χ0) is 22.0. The predicted octanol–water partition coefficient (Wildman–Crippen LogP) is 3.40. The summed E-state index contributed by atoms with van der Waals surface area (Å²) in [6, 6.07) is 8.66. The first-order chi connectivity index (χ1) is 14.9. The number of aromatic nitrogens is 2. The van der Waals surface area contributed by atoms with Gasteiger partial charge in [-0.15, -0.1) is 0 Å². The molecule has 0 radical (unpaired) electrons. The number of pyridine rings is 1. The van der Waals surface area contributed by atoms with Gasteiger partial charge in [-0.25, -0.2) is 13.4 Å². The van der Waals surface area contributed by atoms with E-state index >= 15 is 0 Å². The van der Waals surface area contributed by atoms with Gasteiger partial charge in [-0.05, 0) is 37.6 Å². The standard InChI is InChI=1S/C21H23N3O5S2/c1-3-28-18-10-15(29-14-4-5-19(22-11-14)31(2,26)27)8-13-9-17(24-20(13)18)21-23-12-16(30-21)6-7-25/h4-5,8-11,16,24-25H,3,6-7,12H2,1-2H3. The van der Waals surface area contributed by atoms with Gasteiger partial charge in [-0.1, -0.05) is 11.8 Å². The SMILES string of the molecule is CCOc1cc(Oc2ccc(S(C)(=O)=O)nc2)cc2cc(C3=NCC(CCO)S3)[nH]c12. The first-order valence-electron chi connectivity index (χ1n) is 9.83. The van der Waals surface area contributed by atoms with Crippen LogP contribution >= 0.6 is 11.8 Å². The number of aliphatic hydroxyl groups is 1. The molecule has 31 heavy (non-hydrogen) atoms. The Labute approximate surface area is 184 Å².